The van der Waals surface area contributed by atoms with Crippen molar-refractivity contribution in [1.82, 2.24) is 5.32 Å². The highest BCUT2D eigenvalue weighted by Crippen LogP contribution is 2.12. The summed E-state index contributed by atoms with van der Waals surface area (Å²) < 4.78 is 5.08. The van der Waals surface area contributed by atoms with Crippen molar-refractivity contribution < 1.29 is 23.9 Å². The Morgan fingerprint density at radius 3 is 2.46 bits per heavy atom. The second kappa shape index (κ2) is 10.4. The van der Waals surface area contributed by atoms with E-state index in [-0.39, 0.29) is 23.3 Å². The van der Waals surface area contributed by atoms with Gasteiger partial charge in [-0.25, -0.2) is 4.79 Å². The van der Waals surface area contributed by atoms with Gasteiger partial charge >= 0.3 is 12.0 Å². The molecule has 26 heavy (non-hydrogen) atoms. The normalized spacial score (nSPS) is 11.5. The van der Waals surface area contributed by atoms with Gasteiger partial charge in [-0.05, 0) is 30.5 Å². The zero-order valence-corrected chi connectivity index (χ0v) is 15.7. The number of urea groups is 1. The van der Waals surface area contributed by atoms with E-state index in [4.69, 9.17) is 10.5 Å². The molecule has 0 bridgehead atoms. The van der Waals surface area contributed by atoms with E-state index >= 15 is 0 Å². The van der Waals surface area contributed by atoms with Gasteiger partial charge in [-0.1, -0.05) is 26.0 Å². The van der Waals surface area contributed by atoms with E-state index in [1.807, 2.05) is 30.4 Å². The van der Waals surface area contributed by atoms with Crippen LogP contribution in [0.2, 0.25) is 0 Å². The van der Waals surface area contributed by atoms with Crippen LogP contribution in [0.4, 0.5) is 10.5 Å². The number of anilines is 1. The van der Waals surface area contributed by atoms with Crippen LogP contribution in [-0.2, 0) is 19.1 Å². The highest BCUT2D eigenvalue weighted by molar-refractivity contribution is 8.00. The van der Waals surface area contributed by atoms with E-state index in [0.29, 0.717) is 5.69 Å². The van der Waals surface area contributed by atoms with Crippen molar-refractivity contribution in [2.75, 3.05) is 16.8 Å². The molecule has 1 aromatic rings. The Bertz CT molecular complexity index is 678. The van der Waals surface area contributed by atoms with E-state index in [1.54, 1.807) is 19.9 Å². The number of ether oxygens (including phenoxy) is 1. The fourth-order valence-electron chi connectivity index (χ4n) is 2.01. The monoisotopic (exact) mass is 381 g/mol. The van der Waals surface area contributed by atoms with E-state index in [9.17, 15) is 19.2 Å². The third-order valence-electron chi connectivity index (χ3n) is 3.12. The maximum atomic E-state index is 11.9. The van der Waals surface area contributed by atoms with Gasteiger partial charge in [-0.3, -0.25) is 19.7 Å². The lowest BCUT2D eigenvalue weighted by Crippen LogP contribution is -2.45. The fraction of sp³-hybridized carbons (Fsp3) is 0.412. The van der Waals surface area contributed by atoms with Crippen LogP contribution < -0.4 is 16.4 Å². The molecular formula is C17H23N3O5S. The number of nitrogens with two attached hydrogens (primary N) is 1. The number of esters is 1. The number of nitrogens with one attached hydrogen (secondary N) is 2. The minimum absolute atomic E-state index is 0.0584. The first-order valence-electron chi connectivity index (χ1n) is 7.93. The van der Waals surface area contributed by atoms with Crippen LogP contribution in [0.15, 0.2) is 24.3 Å². The Morgan fingerprint density at radius 2 is 1.88 bits per heavy atom. The zero-order chi connectivity index (χ0) is 19.7. The second-order valence-electron chi connectivity index (χ2n) is 5.92. The molecular weight excluding hydrogens is 358 g/mol. The number of imide groups is 1. The molecule has 0 saturated carbocycles. The molecule has 4 N–H and O–H groups in total. The molecule has 1 rings (SSSR count). The molecule has 0 aromatic heterocycles. The van der Waals surface area contributed by atoms with Crippen LogP contribution in [0.25, 0.3) is 0 Å². The number of carbonyl (C=O) groups is 4. The molecule has 0 aliphatic heterocycles. The van der Waals surface area contributed by atoms with E-state index in [1.165, 1.54) is 0 Å². The van der Waals surface area contributed by atoms with Gasteiger partial charge in [-0.2, -0.15) is 0 Å². The second-order valence-corrected chi connectivity index (χ2v) is 6.90. The molecule has 9 heteroatoms. The van der Waals surface area contributed by atoms with Gasteiger partial charge in [0.2, 0.25) is 5.91 Å². The van der Waals surface area contributed by atoms with Crippen molar-refractivity contribution in [3.63, 3.8) is 0 Å². The zero-order valence-electron chi connectivity index (χ0n) is 14.9. The Labute approximate surface area is 156 Å². The third-order valence-corrected chi connectivity index (χ3v) is 4.03. The molecule has 4 amide bonds. The average Bonchev–Trinajstić information content (AvgIpc) is 2.51. The molecule has 1 atom stereocenters. The van der Waals surface area contributed by atoms with E-state index < -0.39 is 24.0 Å². The lowest BCUT2D eigenvalue weighted by Gasteiger charge is -2.19. The minimum Gasteiger partial charge on any atom is -0.451 e. The SMILES string of the molecule is Cc1cccc(NC(=O)CSCC(=O)O[C@H](C(=O)NC(N)=O)C(C)C)c1. The summed E-state index contributed by atoms with van der Waals surface area (Å²) in [5.41, 5.74) is 6.59. The predicted octanol–water partition coefficient (Wildman–Crippen LogP) is 1.43. The summed E-state index contributed by atoms with van der Waals surface area (Å²) in [6.45, 7) is 5.25. The van der Waals surface area contributed by atoms with Gasteiger partial charge in [0.15, 0.2) is 6.10 Å². The minimum atomic E-state index is -1.13. The quantitative estimate of drug-likeness (QED) is 0.585. The average molecular weight is 381 g/mol. The molecule has 0 heterocycles. The Hall–Kier alpha value is -2.55. The van der Waals surface area contributed by atoms with Crippen molar-refractivity contribution in [3.05, 3.63) is 29.8 Å². The topological polar surface area (TPSA) is 128 Å². The smallest absolute Gasteiger partial charge is 0.318 e. The number of rotatable bonds is 8. The standard InChI is InChI=1S/C17H23N3O5S/c1-10(2)15(16(23)20-17(18)24)25-14(22)9-26-8-13(21)19-12-6-4-5-11(3)7-12/h4-7,10,15H,8-9H2,1-3H3,(H,19,21)(H3,18,20,23,24)/t15-/m0/s1. The van der Waals surface area contributed by atoms with Crippen LogP contribution in [0.3, 0.4) is 0 Å². The number of carbonyl (C=O) groups excluding carboxylic acids is 4. The molecule has 142 valence electrons. The summed E-state index contributed by atoms with van der Waals surface area (Å²) in [6, 6.07) is 6.34. The van der Waals surface area contributed by atoms with E-state index in [2.05, 4.69) is 5.32 Å². The van der Waals surface area contributed by atoms with Crippen molar-refractivity contribution in [1.29, 1.82) is 0 Å². The molecule has 0 radical (unpaired) electrons. The van der Waals surface area contributed by atoms with Crippen molar-refractivity contribution in [2.24, 2.45) is 11.7 Å². The maximum Gasteiger partial charge on any atom is 0.318 e. The molecule has 0 aliphatic rings. The number of primary amides is 1. The molecule has 0 spiro atoms. The Morgan fingerprint density at radius 1 is 1.19 bits per heavy atom. The van der Waals surface area contributed by atoms with Crippen LogP contribution in [0.5, 0.6) is 0 Å². The van der Waals surface area contributed by atoms with Gasteiger partial charge in [-0.15, -0.1) is 11.8 Å². The fourth-order valence-corrected chi connectivity index (χ4v) is 2.60. The summed E-state index contributed by atoms with van der Waals surface area (Å²) in [5, 5.41) is 4.62. The lowest BCUT2D eigenvalue weighted by molar-refractivity contribution is -0.155. The largest absolute Gasteiger partial charge is 0.451 e. The van der Waals surface area contributed by atoms with Gasteiger partial charge in [0.05, 0.1) is 11.5 Å². The molecule has 0 saturated heterocycles. The maximum absolute atomic E-state index is 11.9. The van der Waals surface area contributed by atoms with Crippen molar-refractivity contribution >= 4 is 41.3 Å². The Kier molecular flexibility index (Phi) is 8.63. The summed E-state index contributed by atoms with van der Waals surface area (Å²) in [7, 11) is 0. The van der Waals surface area contributed by atoms with Crippen LogP contribution >= 0.6 is 11.8 Å². The molecule has 0 fully saturated rings. The molecule has 8 nitrogen and oxygen atoms in total. The predicted molar refractivity (Wildman–Crippen MR) is 99.6 cm³/mol. The van der Waals surface area contributed by atoms with Crippen molar-refractivity contribution in [2.45, 2.75) is 26.9 Å². The van der Waals surface area contributed by atoms with Gasteiger partial charge in [0.25, 0.3) is 5.91 Å². The molecule has 1 aromatic carbocycles. The van der Waals surface area contributed by atoms with Crippen LogP contribution in [0, 0.1) is 12.8 Å². The summed E-state index contributed by atoms with van der Waals surface area (Å²) in [4.78, 5) is 46.3. The summed E-state index contributed by atoms with van der Waals surface area (Å²) in [6.07, 6.45) is -1.13. The van der Waals surface area contributed by atoms with Crippen LogP contribution in [-0.4, -0.2) is 41.4 Å². The number of hydrogen-bond donors (Lipinski definition) is 3. The van der Waals surface area contributed by atoms with Crippen LogP contribution in [0.1, 0.15) is 19.4 Å². The lowest BCUT2D eigenvalue weighted by atomic mass is 10.1. The first-order chi connectivity index (χ1) is 12.2. The Balaban J connectivity index is 2.41. The van der Waals surface area contributed by atoms with Gasteiger partial charge in [0, 0.05) is 5.69 Å². The molecule has 0 unspecified atom stereocenters. The highest BCUT2D eigenvalue weighted by atomic mass is 32.2. The first kappa shape index (κ1) is 21.5. The summed E-state index contributed by atoms with van der Waals surface area (Å²) >= 11 is 1.06. The number of hydrogen-bond acceptors (Lipinski definition) is 6. The van der Waals surface area contributed by atoms with E-state index in [0.717, 1.165) is 17.3 Å². The van der Waals surface area contributed by atoms with Gasteiger partial charge < -0.3 is 15.8 Å². The third kappa shape index (κ3) is 8.02. The van der Waals surface area contributed by atoms with Gasteiger partial charge in [0.1, 0.15) is 0 Å². The summed E-state index contributed by atoms with van der Waals surface area (Å²) in [5.74, 6) is -2.06. The highest BCUT2D eigenvalue weighted by Gasteiger charge is 2.27. The molecule has 0 aliphatic carbocycles. The number of thioether (sulfide) groups is 1. The number of aryl methyl sites for hydroxylation is 1. The van der Waals surface area contributed by atoms with Crippen molar-refractivity contribution in [3.8, 4) is 0 Å². The first-order valence-corrected chi connectivity index (χ1v) is 9.08. The number of amides is 4. The number of benzene rings is 1.